The van der Waals surface area contributed by atoms with Crippen molar-refractivity contribution in [3.8, 4) is 0 Å². The SMILES string of the molecule is CCc1ccc(NC(=O)[C@H](CCSC)NS(=O)(=O)c2ccccc2)cc1. The van der Waals surface area contributed by atoms with Gasteiger partial charge in [-0.2, -0.15) is 16.5 Å². The molecule has 0 fully saturated rings. The van der Waals surface area contributed by atoms with Gasteiger partial charge in [0.05, 0.1) is 4.90 Å². The van der Waals surface area contributed by atoms with Crippen LogP contribution in [0.4, 0.5) is 5.69 Å². The highest BCUT2D eigenvalue weighted by Crippen LogP contribution is 2.14. The number of amides is 1. The highest BCUT2D eigenvalue weighted by molar-refractivity contribution is 7.98. The minimum atomic E-state index is -3.76. The van der Waals surface area contributed by atoms with Gasteiger partial charge < -0.3 is 5.32 Å². The van der Waals surface area contributed by atoms with Gasteiger partial charge in [-0.1, -0.05) is 37.3 Å². The number of carbonyl (C=O) groups excluding carboxylic acids is 1. The van der Waals surface area contributed by atoms with Crippen molar-refractivity contribution in [2.45, 2.75) is 30.7 Å². The zero-order valence-electron chi connectivity index (χ0n) is 14.9. The Morgan fingerprint density at radius 1 is 1.08 bits per heavy atom. The summed E-state index contributed by atoms with van der Waals surface area (Å²) < 4.78 is 27.6. The second-order valence-corrected chi connectivity index (χ2v) is 8.51. The van der Waals surface area contributed by atoms with E-state index in [0.717, 1.165) is 6.42 Å². The largest absolute Gasteiger partial charge is 0.325 e. The van der Waals surface area contributed by atoms with Crippen molar-refractivity contribution in [3.05, 3.63) is 60.2 Å². The summed E-state index contributed by atoms with van der Waals surface area (Å²) in [6, 6.07) is 14.8. The van der Waals surface area contributed by atoms with Gasteiger partial charge in [-0.15, -0.1) is 0 Å². The number of rotatable bonds is 9. The monoisotopic (exact) mass is 392 g/mol. The van der Waals surface area contributed by atoms with Crippen molar-refractivity contribution in [2.24, 2.45) is 0 Å². The maximum Gasteiger partial charge on any atom is 0.242 e. The molecule has 0 aliphatic heterocycles. The topological polar surface area (TPSA) is 75.3 Å². The Bertz CT molecular complexity index is 806. The second-order valence-electron chi connectivity index (χ2n) is 5.81. The standard InChI is InChI=1S/C19H24N2O3S2/c1-3-15-9-11-16(12-10-15)20-19(22)18(13-14-25-2)21-26(23,24)17-7-5-4-6-8-17/h4-12,18,21H,3,13-14H2,1-2H3,(H,20,22)/t18-/m0/s1. The lowest BCUT2D eigenvalue weighted by Gasteiger charge is -2.18. The van der Waals surface area contributed by atoms with Crippen LogP contribution in [-0.4, -0.2) is 32.4 Å². The Labute approximate surface area is 159 Å². The normalized spacial score (nSPS) is 12.5. The lowest BCUT2D eigenvalue weighted by Crippen LogP contribution is -2.44. The maximum atomic E-state index is 12.6. The molecule has 0 saturated heterocycles. The van der Waals surface area contributed by atoms with Gasteiger partial charge in [0.1, 0.15) is 6.04 Å². The molecule has 0 unspecified atom stereocenters. The summed E-state index contributed by atoms with van der Waals surface area (Å²) in [5, 5.41) is 2.80. The number of hydrogen-bond acceptors (Lipinski definition) is 4. The Balaban J connectivity index is 2.13. The van der Waals surface area contributed by atoms with Crippen LogP contribution in [0.2, 0.25) is 0 Å². The molecule has 26 heavy (non-hydrogen) atoms. The molecular formula is C19H24N2O3S2. The summed E-state index contributed by atoms with van der Waals surface area (Å²) in [4.78, 5) is 12.8. The van der Waals surface area contributed by atoms with Crippen molar-refractivity contribution >= 4 is 33.4 Å². The third-order valence-corrected chi connectivity index (χ3v) is 6.04. The molecular weight excluding hydrogens is 368 g/mol. The van der Waals surface area contributed by atoms with E-state index in [-0.39, 0.29) is 10.8 Å². The van der Waals surface area contributed by atoms with Crippen LogP contribution in [0, 0.1) is 0 Å². The number of sulfonamides is 1. The molecule has 0 heterocycles. The van der Waals surface area contributed by atoms with E-state index in [1.165, 1.54) is 17.7 Å². The van der Waals surface area contributed by atoms with Gasteiger partial charge in [-0.3, -0.25) is 4.79 Å². The van der Waals surface area contributed by atoms with Gasteiger partial charge in [-0.05, 0) is 54.7 Å². The highest BCUT2D eigenvalue weighted by Gasteiger charge is 2.25. The fraction of sp³-hybridized carbons (Fsp3) is 0.316. The van der Waals surface area contributed by atoms with E-state index in [4.69, 9.17) is 0 Å². The number of aryl methyl sites for hydroxylation is 1. The third kappa shape index (κ3) is 5.86. The average Bonchev–Trinajstić information content (AvgIpc) is 2.66. The number of nitrogens with one attached hydrogen (secondary N) is 2. The average molecular weight is 393 g/mol. The molecule has 0 aliphatic rings. The molecule has 0 saturated carbocycles. The summed E-state index contributed by atoms with van der Waals surface area (Å²) in [6.07, 6.45) is 3.25. The van der Waals surface area contributed by atoms with Crippen LogP contribution in [0.15, 0.2) is 59.5 Å². The first-order chi connectivity index (χ1) is 12.5. The molecule has 1 atom stereocenters. The van der Waals surface area contributed by atoms with E-state index >= 15 is 0 Å². The van der Waals surface area contributed by atoms with Crippen molar-refractivity contribution in [3.63, 3.8) is 0 Å². The predicted molar refractivity (Wildman–Crippen MR) is 108 cm³/mol. The van der Waals surface area contributed by atoms with Crippen LogP contribution in [0.5, 0.6) is 0 Å². The molecule has 5 nitrogen and oxygen atoms in total. The summed E-state index contributed by atoms with van der Waals surface area (Å²) >= 11 is 1.57. The second kappa shape index (κ2) is 9.75. The summed E-state index contributed by atoms with van der Waals surface area (Å²) in [5.74, 6) is 0.312. The van der Waals surface area contributed by atoms with E-state index in [2.05, 4.69) is 17.0 Å². The van der Waals surface area contributed by atoms with E-state index in [1.54, 1.807) is 30.0 Å². The van der Waals surface area contributed by atoms with E-state index in [1.807, 2.05) is 30.5 Å². The van der Waals surface area contributed by atoms with Crippen LogP contribution >= 0.6 is 11.8 Å². The van der Waals surface area contributed by atoms with E-state index in [0.29, 0.717) is 17.9 Å². The van der Waals surface area contributed by atoms with Crippen molar-refractivity contribution in [2.75, 3.05) is 17.3 Å². The van der Waals surface area contributed by atoms with Crippen LogP contribution in [0.3, 0.4) is 0 Å². The fourth-order valence-corrected chi connectivity index (χ4v) is 4.11. The minimum Gasteiger partial charge on any atom is -0.325 e. The Hall–Kier alpha value is -1.83. The van der Waals surface area contributed by atoms with Gasteiger partial charge in [0, 0.05) is 5.69 Å². The van der Waals surface area contributed by atoms with Gasteiger partial charge >= 0.3 is 0 Å². The maximum absolute atomic E-state index is 12.6. The fourth-order valence-electron chi connectivity index (χ4n) is 2.39. The molecule has 0 spiro atoms. The Morgan fingerprint density at radius 2 is 1.73 bits per heavy atom. The van der Waals surface area contributed by atoms with Crippen molar-refractivity contribution in [1.29, 1.82) is 0 Å². The van der Waals surface area contributed by atoms with Crippen LogP contribution in [-0.2, 0) is 21.2 Å². The molecule has 0 aromatic heterocycles. The molecule has 0 aliphatic carbocycles. The van der Waals surface area contributed by atoms with Gasteiger partial charge in [-0.25, -0.2) is 8.42 Å². The van der Waals surface area contributed by atoms with Gasteiger partial charge in [0.25, 0.3) is 0 Å². The van der Waals surface area contributed by atoms with Gasteiger partial charge in [0.2, 0.25) is 15.9 Å². The van der Waals surface area contributed by atoms with Crippen LogP contribution in [0.25, 0.3) is 0 Å². The molecule has 2 aromatic carbocycles. The summed E-state index contributed by atoms with van der Waals surface area (Å²) in [5.41, 5.74) is 1.83. The van der Waals surface area contributed by atoms with Crippen molar-refractivity contribution in [1.82, 2.24) is 4.72 Å². The van der Waals surface area contributed by atoms with Crippen LogP contribution < -0.4 is 10.0 Å². The van der Waals surface area contributed by atoms with Crippen molar-refractivity contribution < 1.29 is 13.2 Å². The molecule has 2 aromatic rings. The zero-order valence-corrected chi connectivity index (χ0v) is 16.6. The number of benzene rings is 2. The first-order valence-corrected chi connectivity index (χ1v) is 11.3. The van der Waals surface area contributed by atoms with Crippen LogP contribution in [0.1, 0.15) is 18.9 Å². The summed E-state index contributed by atoms with van der Waals surface area (Å²) in [7, 11) is -3.76. The smallest absolute Gasteiger partial charge is 0.242 e. The van der Waals surface area contributed by atoms with Gasteiger partial charge in [0.15, 0.2) is 0 Å². The first kappa shape index (κ1) is 20.5. The van der Waals surface area contributed by atoms with E-state index < -0.39 is 16.1 Å². The number of carbonyl (C=O) groups is 1. The molecule has 0 radical (unpaired) electrons. The minimum absolute atomic E-state index is 0.147. The number of hydrogen-bond donors (Lipinski definition) is 2. The third-order valence-electron chi connectivity index (χ3n) is 3.91. The molecule has 0 bridgehead atoms. The zero-order chi connectivity index (χ0) is 19.0. The number of thioether (sulfide) groups is 1. The van der Waals surface area contributed by atoms with E-state index in [9.17, 15) is 13.2 Å². The number of anilines is 1. The quantitative estimate of drug-likeness (QED) is 0.687. The molecule has 2 rings (SSSR count). The highest BCUT2D eigenvalue weighted by atomic mass is 32.2. The Morgan fingerprint density at radius 3 is 2.31 bits per heavy atom. The lowest BCUT2D eigenvalue weighted by atomic mass is 10.1. The Kier molecular flexibility index (Phi) is 7.68. The first-order valence-electron chi connectivity index (χ1n) is 8.42. The molecule has 1 amide bonds. The molecule has 140 valence electrons. The summed E-state index contributed by atoms with van der Waals surface area (Å²) in [6.45, 7) is 2.06. The lowest BCUT2D eigenvalue weighted by molar-refractivity contribution is -0.117. The molecule has 7 heteroatoms. The predicted octanol–water partition coefficient (Wildman–Crippen LogP) is 3.29. The molecule has 2 N–H and O–H groups in total.